The van der Waals surface area contributed by atoms with Crippen molar-refractivity contribution < 1.29 is 4.39 Å². The van der Waals surface area contributed by atoms with Gasteiger partial charge in [-0.3, -0.25) is 4.90 Å². The Balaban J connectivity index is 2.08. The van der Waals surface area contributed by atoms with Crippen LogP contribution in [0.1, 0.15) is 30.9 Å². The topological polar surface area (TPSA) is 29.3 Å². The lowest BCUT2D eigenvalue weighted by atomic mass is 9.99. The number of halogens is 1. The van der Waals surface area contributed by atoms with Gasteiger partial charge in [0.2, 0.25) is 0 Å². The third kappa shape index (κ3) is 4.05. The molecule has 0 radical (unpaired) electrons. The van der Waals surface area contributed by atoms with Gasteiger partial charge in [0.05, 0.1) is 12.1 Å². The predicted octanol–water partition coefficient (Wildman–Crippen LogP) is 2.37. The van der Waals surface area contributed by atoms with Gasteiger partial charge in [0, 0.05) is 13.1 Å². The zero-order valence-electron chi connectivity index (χ0n) is 11.5. The minimum atomic E-state index is -0.267. The SMILES string of the molecule is CC1CCCN(Cc2ccc(F)c(C#CCN)c2)C1. The molecule has 2 N–H and O–H groups in total. The molecule has 1 aliphatic heterocycles. The van der Waals surface area contributed by atoms with Crippen LogP contribution in [0.3, 0.4) is 0 Å². The summed E-state index contributed by atoms with van der Waals surface area (Å²) in [5, 5.41) is 0. The van der Waals surface area contributed by atoms with Crippen LogP contribution >= 0.6 is 0 Å². The number of nitrogens with two attached hydrogens (primary N) is 1. The summed E-state index contributed by atoms with van der Waals surface area (Å²) in [7, 11) is 0. The third-order valence-corrected chi connectivity index (χ3v) is 3.50. The van der Waals surface area contributed by atoms with Crippen molar-refractivity contribution in [2.24, 2.45) is 11.7 Å². The van der Waals surface area contributed by atoms with Crippen molar-refractivity contribution in [3.05, 3.63) is 35.1 Å². The van der Waals surface area contributed by atoms with Gasteiger partial charge in [-0.05, 0) is 43.0 Å². The summed E-state index contributed by atoms with van der Waals surface area (Å²) in [6.07, 6.45) is 2.56. The Morgan fingerprint density at radius 1 is 1.47 bits per heavy atom. The fourth-order valence-corrected chi connectivity index (χ4v) is 2.60. The van der Waals surface area contributed by atoms with E-state index in [1.54, 1.807) is 0 Å². The van der Waals surface area contributed by atoms with E-state index in [2.05, 4.69) is 23.7 Å². The van der Waals surface area contributed by atoms with Crippen molar-refractivity contribution in [1.29, 1.82) is 0 Å². The second-order valence-electron chi connectivity index (χ2n) is 5.30. The molecule has 0 aliphatic carbocycles. The van der Waals surface area contributed by atoms with Crippen LogP contribution in [-0.2, 0) is 6.54 Å². The molecule has 2 nitrogen and oxygen atoms in total. The zero-order chi connectivity index (χ0) is 13.7. The van der Waals surface area contributed by atoms with Gasteiger partial charge in [0.25, 0.3) is 0 Å². The second kappa shape index (κ2) is 6.70. The summed E-state index contributed by atoms with van der Waals surface area (Å²) in [4.78, 5) is 2.43. The fraction of sp³-hybridized carbons (Fsp3) is 0.500. The van der Waals surface area contributed by atoms with Gasteiger partial charge in [-0.25, -0.2) is 4.39 Å². The number of benzene rings is 1. The minimum absolute atomic E-state index is 0.257. The summed E-state index contributed by atoms with van der Waals surface area (Å²) < 4.78 is 13.6. The van der Waals surface area contributed by atoms with Gasteiger partial charge in [0.15, 0.2) is 0 Å². The number of rotatable bonds is 2. The van der Waals surface area contributed by atoms with Crippen molar-refractivity contribution in [3.8, 4) is 11.8 Å². The lowest BCUT2D eigenvalue weighted by Crippen LogP contribution is -2.33. The zero-order valence-corrected chi connectivity index (χ0v) is 11.5. The number of piperidine rings is 1. The van der Waals surface area contributed by atoms with Crippen molar-refractivity contribution in [2.45, 2.75) is 26.3 Å². The van der Waals surface area contributed by atoms with Crippen LogP contribution < -0.4 is 5.73 Å². The molecule has 2 rings (SSSR count). The van der Waals surface area contributed by atoms with Gasteiger partial charge < -0.3 is 5.73 Å². The molecule has 102 valence electrons. The molecule has 1 atom stereocenters. The van der Waals surface area contributed by atoms with Crippen LogP contribution in [0, 0.1) is 23.6 Å². The van der Waals surface area contributed by atoms with Gasteiger partial charge >= 0.3 is 0 Å². The molecule has 0 saturated carbocycles. The summed E-state index contributed by atoms with van der Waals surface area (Å²) in [5.74, 6) is 5.99. The first-order valence-corrected chi connectivity index (χ1v) is 6.88. The molecule has 1 aromatic carbocycles. The molecular weight excluding hydrogens is 239 g/mol. The Hall–Kier alpha value is -1.37. The first kappa shape index (κ1) is 14.0. The van der Waals surface area contributed by atoms with Crippen LogP contribution in [0.5, 0.6) is 0 Å². The molecule has 1 fully saturated rings. The van der Waals surface area contributed by atoms with E-state index in [1.165, 1.54) is 18.9 Å². The first-order chi connectivity index (χ1) is 9.19. The van der Waals surface area contributed by atoms with Crippen molar-refractivity contribution >= 4 is 0 Å². The van der Waals surface area contributed by atoms with E-state index in [1.807, 2.05) is 12.1 Å². The maximum atomic E-state index is 13.6. The maximum absolute atomic E-state index is 13.6. The van der Waals surface area contributed by atoms with Gasteiger partial charge in [-0.15, -0.1) is 0 Å². The van der Waals surface area contributed by atoms with E-state index in [0.29, 0.717) is 5.56 Å². The quantitative estimate of drug-likeness (QED) is 0.827. The maximum Gasteiger partial charge on any atom is 0.138 e. The standard InChI is InChI=1S/C16H21FN2/c1-13-4-3-9-19(11-13)12-14-6-7-16(17)15(10-14)5-2-8-18/h6-7,10,13H,3-4,8-9,11-12,18H2,1H3. The van der Waals surface area contributed by atoms with Crippen LogP contribution in [-0.4, -0.2) is 24.5 Å². The first-order valence-electron chi connectivity index (χ1n) is 6.88. The molecule has 1 aromatic rings. The molecule has 19 heavy (non-hydrogen) atoms. The molecule has 1 saturated heterocycles. The van der Waals surface area contributed by atoms with Crippen molar-refractivity contribution in [1.82, 2.24) is 4.90 Å². The lowest BCUT2D eigenvalue weighted by molar-refractivity contribution is 0.176. The highest BCUT2D eigenvalue weighted by Gasteiger charge is 2.16. The van der Waals surface area contributed by atoms with E-state index in [-0.39, 0.29) is 12.4 Å². The minimum Gasteiger partial charge on any atom is -0.320 e. The smallest absolute Gasteiger partial charge is 0.138 e. The fourth-order valence-electron chi connectivity index (χ4n) is 2.60. The largest absolute Gasteiger partial charge is 0.320 e. The summed E-state index contributed by atoms with van der Waals surface area (Å²) >= 11 is 0. The second-order valence-corrected chi connectivity index (χ2v) is 5.30. The van der Waals surface area contributed by atoms with Gasteiger partial charge in [-0.1, -0.05) is 24.8 Å². The van der Waals surface area contributed by atoms with Gasteiger partial charge in [0.1, 0.15) is 5.82 Å². The Morgan fingerprint density at radius 2 is 2.32 bits per heavy atom. The highest BCUT2D eigenvalue weighted by atomic mass is 19.1. The highest BCUT2D eigenvalue weighted by molar-refractivity contribution is 5.38. The Kier molecular flexibility index (Phi) is 4.95. The molecule has 1 heterocycles. The molecule has 0 bridgehead atoms. The van der Waals surface area contributed by atoms with E-state index in [9.17, 15) is 4.39 Å². The Morgan fingerprint density at radius 3 is 3.05 bits per heavy atom. The molecule has 0 aromatic heterocycles. The van der Waals surface area contributed by atoms with E-state index in [0.717, 1.165) is 31.1 Å². The molecule has 0 spiro atoms. The molecule has 3 heteroatoms. The van der Waals surface area contributed by atoms with Crippen LogP contribution in [0.25, 0.3) is 0 Å². The average Bonchev–Trinajstić information content (AvgIpc) is 2.39. The van der Waals surface area contributed by atoms with Crippen LogP contribution in [0.2, 0.25) is 0 Å². The Bertz CT molecular complexity index is 487. The number of hydrogen-bond acceptors (Lipinski definition) is 2. The molecular formula is C16H21FN2. The molecule has 0 amide bonds. The number of nitrogens with zero attached hydrogens (tertiary/aromatic N) is 1. The summed E-state index contributed by atoms with van der Waals surface area (Å²) in [5.41, 5.74) is 6.90. The van der Waals surface area contributed by atoms with Crippen molar-refractivity contribution in [3.63, 3.8) is 0 Å². The summed E-state index contributed by atoms with van der Waals surface area (Å²) in [6.45, 7) is 5.68. The number of hydrogen-bond donors (Lipinski definition) is 1. The number of likely N-dealkylation sites (tertiary alicyclic amines) is 1. The predicted molar refractivity (Wildman–Crippen MR) is 76.0 cm³/mol. The van der Waals surface area contributed by atoms with Crippen LogP contribution in [0.15, 0.2) is 18.2 Å². The summed E-state index contributed by atoms with van der Waals surface area (Å²) in [6, 6.07) is 5.20. The van der Waals surface area contributed by atoms with Crippen molar-refractivity contribution in [2.75, 3.05) is 19.6 Å². The average molecular weight is 260 g/mol. The molecule has 1 aliphatic rings. The highest BCUT2D eigenvalue weighted by Crippen LogP contribution is 2.18. The Labute approximate surface area is 114 Å². The van der Waals surface area contributed by atoms with E-state index >= 15 is 0 Å². The molecule has 1 unspecified atom stereocenters. The normalized spacial score (nSPS) is 19.8. The van der Waals surface area contributed by atoms with E-state index in [4.69, 9.17) is 5.73 Å². The monoisotopic (exact) mass is 260 g/mol. The lowest BCUT2D eigenvalue weighted by Gasteiger charge is -2.30. The third-order valence-electron chi connectivity index (χ3n) is 3.50. The van der Waals surface area contributed by atoms with Gasteiger partial charge in [-0.2, -0.15) is 0 Å². The van der Waals surface area contributed by atoms with Crippen LogP contribution in [0.4, 0.5) is 4.39 Å². The van der Waals surface area contributed by atoms with E-state index < -0.39 is 0 Å².